The molecule has 0 spiro atoms. The van der Waals surface area contributed by atoms with Crippen LogP contribution in [-0.4, -0.2) is 10.1 Å². The first kappa shape index (κ1) is 12.8. The van der Waals surface area contributed by atoms with Crippen LogP contribution in [0.15, 0.2) is 22.7 Å². The zero-order valence-electron chi connectivity index (χ0n) is 11.9. The number of hydrogen-bond acceptors (Lipinski definition) is 5. The molecule has 1 fully saturated rings. The van der Waals surface area contributed by atoms with E-state index in [1.165, 1.54) is 24.0 Å². The standard InChI is InChI=1S/C16H19N3O2/c17-13-5-1-4-12-11(13)3-2-6-14(12)20-9-15-18-16(19-21-15)10-7-8-10/h2-3,6,10,13H,1,4-5,7-9,17H2. The van der Waals surface area contributed by atoms with Gasteiger partial charge in [0.15, 0.2) is 12.4 Å². The topological polar surface area (TPSA) is 74.2 Å². The highest BCUT2D eigenvalue weighted by Gasteiger charge is 2.29. The Bertz CT molecular complexity index is 649. The average molecular weight is 285 g/mol. The van der Waals surface area contributed by atoms with Crippen LogP contribution < -0.4 is 10.5 Å². The quantitative estimate of drug-likeness (QED) is 0.935. The fourth-order valence-electron chi connectivity index (χ4n) is 2.96. The molecule has 1 atom stereocenters. The molecule has 2 aliphatic rings. The number of hydrogen-bond donors (Lipinski definition) is 1. The Hall–Kier alpha value is -1.88. The fraction of sp³-hybridized carbons (Fsp3) is 0.500. The number of nitrogens with zero attached hydrogens (tertiary/aromatic N) is 2. The zero-order chi connectivity index (χ0) is 14.2. The van der Waals surface area contributed by atoms with Crippen molar-refractivity contribution in [3.05, 3.63) is 41.0 Å². The fourth-order valence-corrected chi connectivity index (χ4v) is 2.96. The highest BCUT2D eigenvalue weighted by Crippen LogP contribution is 2.38. The van der Waals surface area contributed by atoms with Gasteiger partial charge in [0.1, 0.15) is 5.75 Å². The molecule has 1 saturated carbocycles. The number of benzene rings is 1. The summed E-state index contributed by atoms with van der Waals surface area (Å²) >= 11 is 0. The van der Waals surface area contributed by atoms with E-state index in [9.17, 15) is 0 Å². The first-order chi connectivity index (χ1) is 10.3. The number of nitrogens with two attached hydrogens (primary N) is 1. The van der Waals surface area contributed by atoms with Gasteiger partial charge in [0.2, 0.25) is 0 Å². The molecule has 1 unspecified atom stereocenters. The smallest absolute Gasteiger partial charge is 0.264 e. The first-order valence-corrected chi connectivity index (χ1v) is 7.64. The van der Waals surface area contributed by atoms with Crippen molar-refractivity contribution in [1.82, 2.24) is 10.1 Å². The lowest BCUT2D eigenvalue weighted by atomic mass is 9.88. The van der Waals surface area contributed by atoms with E-state index in [1.807, 2.05) is 12.1 Å². The van der Waals surface area contributed by atoms with Gasteiger partial charge < -0.3 is 15.0 Å². The molecular formula is C16H19N3O2. The maximum atomic E-state index is 6.17. The summed E-state index contributed by atoms with van der Waals surface area (Å²) in [6, 6.07) is 6.23. The summed E-state index contributed by atoms with van der Waals surface area (Å²) in [5.74, 6) is 2.78. The van der Waals surface area contributed by atoms with Crippen molar-refractivity contribution >= 4 is 0 Å². The minimum Gasteiger partial charge on any atom is -0.483 e. The van der Waals surface area contributed by atoms with Crippen LogP contribution in [0.2, 0.25) is 0 Å². The number of rotatable bonds is 4. The minimum absolute atomic E-state index is 0.127. The van der Waals surface area contributed by atoms with E-state index in [0.29, 0.717) is 18.4 Å². The van der Waals surface area contributed by atoms with Gasteiger partial charge in [0, 0.05) is 12.0 Å². The van der Waals surface area contributed by atoms with E-state index in [1.54, 1.807) is 0 Å². The molecule has 0 bridgehead atoms. The second kappa shape index (κ2) is 5.15. The summed E-state index contributed by atoms with van der Waals surface area (Å²) in [6.07, 6.45) is 5.52. The van der Waals surface area contributed by atoms with Crippen molar-refractivity contribution in [1.29, 1.82) is 0 Å². The highest BCUT2D eigenvalue weighted by molar-refractivity contribution is 5.43. The maximum Gasteiger partial charge on any atom is 0.264 e. The van der Waals surface area contributed by atoms with Crippen LogP contribution in [0.5, 0.6) is 5.75 Å². The van der Waals surface area contributed by atoms with Crippen LogP contribution in [0.4, 0.5) is 0 Å². The van der Waals surface area contributed by atoms with Gasteiger partial charge in [-0.15, -0.1) is 0 Å². The summed E-state index contributed by atoms with van der Waals surface area (Å²) in [6.45, 7) is 0.325. The lowest BCUT2D eigenvalue weighted by Gasteiger charge is -2.24. The Balaban J connectivity index is 1.50. The van der Waals surface area contributed by atoms with Crippen molar-refractivity contribution in [3.8, 4) is 5.75 Å². The molecule has 4 rings (SSSR count). The molecular weight excluding hydrogens is 266 g/mol. The van der Waals surface area contributed by atoms with E-state index in [-0.39, 0.29) is 6.04 Å². The van der Waals surface area contributed by atoms with Crippen molar-refractivity contribution in [2.75, 3.05) is 0 Å². The normalized spacial score (nSPS) is 21.1. The van der Waals surface area contributed by atoms with Crippen LogP contribution in [0.25, 0.3) is 0 Å². The van der Waals surface area contributed by atoms with Crippen LogP contribution in [0.1, 0.15) is 60.5 Å². The van der Waals surface area contributed by atoms with E-state index < -0.39 is 0 Å². The third kappa shape index (κ3) is 2.53. The molecule has 0 amide bonds. The van der Waals surface area contributed by atoms with Gasteiger partial charge in [-0.25, -0.2) is 0 Å². The molecule has 2 aromatic rings. The van der Waals surface area contributed by atoms with Gasteiger partial charge in [0.25, 0.3) is 5.89 Å². The third-order valence-electron chi connectivity index (χ3n) is 4.29. The summed E-state index contributed by atoms with van der Waals surface area (Å²) in [7, 11) is 0. The molecule has 5 heteroatoms. The lowest BCUT2D eigenvalue weighted by molar-refractivity contribution is 0.239. The predicted octanol–water partition coefficient (Wildman–Crippen LogP) is 2.86. The van der Waals surface area contributed by atoms with Crippen LogP contribution >= 0.6 is 0 Å². The predicted molar refractivity (Wildman–Crippen MR) is 76.9 cm³/mol. The SMILES string of the molecule is NC1CCCc2c(OCc3nc(C4CC4)no3)cccc21. The van der Waals surface area contributed by atoms with Crippen molar-refractivity contribution in [2.45, 2.75) is 50.7 Å². The zero-order valence-corrected chi connectivity index (χ0v) is 11.9. The number of fused-ring (bicyclic) bond motifs is 1. The van der Waals surface area contributed by atoms with E-state index >= 15 is 0 Å². The van der Waals surface area contributed by atoms with E-state index in [0.717, 1.165) is 30.8 Å². The minimum atomic E-state index is 0.127. The Morgan fingerprint density at radius 2 is 2.19 bits per heavy atom. The van der Waals surface area contributed by atoms with Gasteiger partial charge in [-0.2, -0.15) is 4.98 Å². The molecule has 21 heavy (non-hydrogen) atoms. The molecule has 0 saturated heterocycles. The summed E-state index contributed by atoms with van der Waals surface area (Å²) in [5.41, 5.74) is 8.62. The molecule has 2 aliphatic carbocycles. The first-order valence-electron chi connectivity index (χ1n) is 7.64. The molecule has 5 nitrogen and oxygen atoms in total. The highest BCUT2D eigenvalue weighted by atomic mass is 16.5. The second-order valence-electron chi connectivity index (χ2n) is 5.93. The summed E-state index contributed by atoms with van der Waals surface area (Å²) < 4.78 is 11.1. The van der Waals surface area contributed by atoms with Crippen molar-refractivity contribution in [2.24, 2.45) is 5.73 Å². The van der Waals surface area contributed by atoms with Crippen molar-refractivity contribution in [3.63, 3.8) is 0 Å². The molecule has 1 aromatic heterocycles. The molecule has 110 valence electrons. The third-order valence-corrected chi connectivity index (χ3v) is 4.29. The Morgan fingerprint density at radius 3 is 3.05 bits per heavy atom. The Morgan fingerprint density at radius 1 is 1.29 bits per heavy atom. The molecule has 0 radical (unpaired) electrons. The maximum absolute atomic E-state index is 6.17. The monoisotopic (exact) mass is 285 g/mol. The van der Waals surface area contributed by atoms with Crippen LogP contribution in [0, 0.1) is 0 Å². The molecule has 1 aromatic carbocycles. The molecule has 2 N–H and O–H groups in total. The largest absolute Gasteiger partial charge is 0.483 e. The van der Waals surface area contributed by atoms with Crippen LogP contribution in [0.3, 0.4) is 0 Å². The van der Waals surface area contributed by atoms with E-state index in [4.69, 9.17) is 15.0 Å². The number of ether oxygens (including phenoxy) is 1. The number of aromatic nitrogens is 2. The van der Waals surface area contributed by atoms with Gasteiger partial charge in [-0.3, -0.25) is 0 Å². The van der Waals surface area contributed by atoms with Gasteiger partial charge in [0.05, 0.1) is 0 Å². The molecule has 1 heterocycles. The van der Waals surface area contributed by atoms with E-state index in [2.05, 4.69) is 16.2 Å². The van der Waals surface area contributed by atoms with Crippen LogP contribution in [-0.2, 0) is 13.0 Å². The molecule has 0 aliphatic heterocycles. The Kier molecular flexibility index (Phi) is 3.15. The summed E-state index contributed by atoms with van der Waals surface area (Å²) in [5, 5.41) is 4.00. The summed E-state index contributed by atoms with van der Waals surface area (Å²) in [4.78, 5) is 4.39. The van der Waals surface area contributed by atoms with Gasteiger partial charge >= 0.3 is 0 Å². The average Bonchev–Trinajstić information content (AvgIpc) is 3.25. The van der Waals surface area contributed by atoms with Crippen molar-refractivity contribution < 1.29 is 9.26 Å². The Labute approximate surface area is 123 Å². The van der Waals surface area contributed by atoms with Gasteiger partial charge in [-0.1, -0.05) is 17.3 Å². The second-order valence-corrected chi connectivity index (χ2v) is 5.93. The lowest BCUT2D eigenvalue weighted by Crippen LogP contribution is -2.18. The van der Waals surface area contributed by atoms with Gasteiger partial charge in [-0.05, 0) is 49.3 Å².